The van der Waals surface area contributed by atoms with Gasteiger partial charge in [-0.25, -0.2) is 0 Å². The number of halogens is 1. The molecule has 0 spiro atoms. The number of carbonyl (C=O) groups is 2. The molecule has 8 heteroatoms. The van der Waals surface area contributed by atoms with Crippen LogP contribution in [0, 0.1) is 0 Å². The fraction of sp³-hybridized carbons (Fsp3) is 0.133. The van der Waals surface area contributed by atoms with Gasteiger partial charge in [0.25, 0.3) is 5.91 Å². The highest BCUT2D eigenvalue weighted by molar-refractivity contribution is 7.22. The highest BCUT2D eigenvalue weighted by Gasteiger charge is 2.28. The Morgan fingerprint density at radius 2 is 2.30 bits per heavy atom. The maximum absolute atomic E-state index is 12.4. The van der Waals surface area contributed by atoms with E-state index in [1.807, 2.05) is 6.07 Å². The van der Waals surface area contributed by atoms with Crippen molar-refractivity contribution in [1.82, 2.24) is 15.3 Å². The molecule has 116 valence electrons. The van der Waals surface area contributed by atoms with E-state index in [-0.39, 0.29) is 11.8 Å². The fourth-order valence-corrected chi connectivity index (χ4v) is 3.74. The maximum Gasteiger partial charge on any atom is 0.268 e. The minimum Gasteiger partial charge on any atom is -0.342 e. The molecule has 0 saturated carbocycles. The predicted octanol–water partition coefficient (Wildman–Crippen LogP) is 2.57. The Bertz CT molecular complexity index is 901. The van der Waals surface area contributed by atoms with Gasteiger partial charge in [0.1, 0.15) is 16.6 Å². The highest BCUT2D eigenvalue weighted by atomic mass is 35.5. The summed E-state index contributed by atoms with van der Waals surface area (Å²) in [6.45, 7) is 0. The van der Waals surface area contributed by atoms with Crippen molar-refractivity contribution in [1.29, 1.82) is 0 Å². The normalized spacial score (nSPS) is 16.9. The molecule has 0 saturated heterocycles. The number of anilines is 1. The van der Waals surface area contributed by atoms with E-state index in [4.69, 9.17) is 11.6 Å². The Labute approximate surface area is 139 Å². The summed E-state index contributed by atoms with van der Waals surface area (Å²) in [6.07, 6.45) is 3.71. The number of amides is 2. The van der Waals surface area contributed by atoms with Gasteiger partial charge in [0.2, 0.25) is 5.91 Å². The van der Waals surface area contributed by atoms with Crippen molar-refractivity contribution in [3.05, 3.63) is 46.2 Å². The van der Waals surface area contributed by atoms with Gasteiger partial charge in [0.05, 0.1) is 16.2 Å². The van der Waals surface area contributed by atoms with Crippen molar-refractivity contribution in [3.63, 3.8) is 0 Å². The maximum atomic E-state index is 12.4. The van der Waals surface area contributed by atoms with E-state index < -0.39 is 6.04 Å². The number of nitrogens with zero attached hydrogens (tertiary/aromatic N) is 1. The summed E-state index contributed by atoms with van der Waals surface area (Å²) in [7, 11) is 0. The summed E-state index contributed by atoms with van der Waals surface area (Å²) < 4.78 is 0.662. The number of H-pyrrole nitrogens is 1. The minimum absolute atomic E-state index is 0.240. The third kappa shape index (κ3) is 2.58. The van der Waals surface area contributed by atoms with Crippen molar-refractivity contribution in [2.45, 2.75) is 12.5 Å². The number of nitrogens with one attached hydrogen (secondary N) is 3. The Morgan fingerprint density at radius 3 is 3.13 bits per heavy atom. The molecule has 0 fully saturated rings. The number of aromatic amines is 1. The van der Waals surface area contributed by atoms with Crippen LogP contribution in [0.3, 0.4) is 0 Å². The second-order valence-corrected chi connectivity index (χ2v) is 6.95. The van der Waals surface area contributed by atoms with Crippen LogP contribution in [0.25, 0.3) is 10.2 Å². The molecule has 0 aliphatic carbocycles. The molecule has 0 unspecified atom stereocenters. The molecule has 1 aliphatic rings. The zero-order valence-electron chi connectivity index (χ0n) is 11.7. The first kappa shape index (κ1) is 14.2. The van der Waals surface area contributed by atoms with Crippen LogP contribution in [0.4, 0.5) is 5.69 Å². The molecular formula is C15H11ClN4O2S. The first-order valence-electron chi connectivity index (χ1n) is 6.93. The van der Waals surface area contributed by atoms with Crippen molar-refractivity contribution in [2.24, 2.45) is 0 Å². The van der Waals surface area contributed by atoms with Crippen LogP contribution in [-0.4, -0.2) is 27.8 Å². The summed E-state index contributed by atoms with van der Waals surface area (Å²) in [5.41, 5.74) is 2.05. The lowest BCUT2D eigenvalue weighted by Gasteiger charge is -2.24. The molecule has 1 aliphatic heterocycles. The van der Waals surface area contributed by atoms with E-state index in [1.165, 1.54) is 11.3 Å². The van der Waals surface area contributed by atoms with Gasteiger partial charge in [-0.1, -0.05) is 11.6 Å². The number of rotatable bonds is 2. The van der Waals surface area contributed by atoms with Crippen LogP contribution in [0.1, 0.15) is 16.1 Å². The molecule has 0 radical (unpaired) electrons. The van der Waals surface area contributed by atoms with Crippen LogP contribution in [0.5, 0.6) is 0 Å². The minimum atomic E-state index is -0.609. The lowest BCUT2D eigenvalue weighted by molar-refractivity contribution is -0.118. The van der Waals surface area contributed by atoms with Gasteiger partial charge < -0.3 is 15.6 Å². The molecular weight excluding hydrogens is 336 g/mol. The number of thiophene rings is 1. The Balaban J connectivity index is 1.54. The van der Waals surface area contributed by atoms with Crippen LogP contribution >= 0.6 is 22.9 Å². The van der Waals surface area contributed by atoms with Crippen LogP contribution in [-0.2, 0) is 11.2 Å². The summed E-state index contributed by atoms with van der Waals surface area (Å²) in [5, 5.41) is 6.40. The summed E-state index contributed by atoms with van der Waals surface area (Å²) in [4.78, 5) is 32.3. The number of fused-ring (bicyclic) bond motifs is 2. The van der Waals surface area contributed by atoms with E-state index in [0.717, 1.165) is 15.8 Å². The third-order valence-electron chi connectivity index (χ3n) is 3.74. The zero-order valence-corrected chi connectivity index (χ0v) is 13.3. The molecule has 23 heavy (non-hydrogen) atoms. The number of hydrogen-bond donors (Lipinski definition) is 3. The molecule has 3 N–H and O–H groups in total. The van der Waals surface area contributed by atoms with Gasteiger partial charge in [-0.05, 0) is 23.8 Å². The lowest BCUT2D eigenvalue weighted by atomic mass is 10.0. The van der Waals surface area contributed by atoms with Crippen LogP contribution in [0.2, 0.25) is 4.34 Å². The number of hydrogen-bond acceptors (Lipinski definition) is 4. The van der Waals surface area contributed by atoms with Gasteiger partial charge in [-0.3, -0.25) is 14.6 Å². The summed E-state index contributed by atoms with van der Waals surface area (Å²) in [5.74, 6) is -0.558. The average Bonchev–Trinajstić information content (AvgIpc) is 3.05. The Kier molecular flexibility index (Phi) is 3.32. The molecule has 0 bridgehead atoms. The number of carbonyl (C=O) groups excluding carboxylic acids is 2. The number of aromatic nitrogens is 2. The fourth-order valence-electron chi connectivity index (χ4n) is 2.61. The quantitative estimate of drug-likeness (QED) is 0.666. The zero-order chi connectivity index (χ0) is 16.0. The molecule has 2 amide bonds. The first-order chi connectivity index (χ1) is 11.1. The van der Waals surface area contributed by atoms with E-state index >= 15 is 0 Å². The van der Waals surface area contributed by atoms with E-state index in [9.17, 15) is 9.59 Å². The monoisotopic (exact) mass is 346 g/mol. The van der Waals surface area contributed by atoms with Crippen molar-refractivity contribution < 1.29 is 9.59 Å². The standard InChI is InChI=1S/C15H11ClN4O2S/c16-12-5-8-4-10(20-15(8)23-12)14(22)18-9-3-7-1-2-17-6-11(7)19-13(9)21/h1-2,4-6,9,20H,3H2,(H,18,22)(H,19,21)/t9-/m0/s1. The Morgan fingerprint density at radius 1 is 1.43 bits per heavy atom. The third-order valence-corrected chi connectivity index (χ3v) is 4.93. The molecule has 3 aromatic heterocycles. The van der Waals surface area contributed by atoms with Crippen molar-refractivity contribution >= 4 is 50.7 Å². The summed E-state index contributed by atoms with van der Waals surface area (Å²) >= 11 is 7.29. The largest absolute Gasteiger partial charge is 0.342 e. The van der Waals surface area contributed by atoms with Gasteiger partial charge in [-0.15, -0.1) is 11.3 Å². The molecule has 0 aromatic carbocycles. The van der Waals surface area contributed by atoms with Gasteiger partial charge in [-0.2, -0.15) is 0 Å². The second kappa shape index (κ2) is 5.36. The first-order valence-corrected chi connectivity index (χ1v) is 8.12. The van der Waals surface area contributed by atoms with Gasteiger partial charge in [0, 0.05) is 18.0 Å². The highest BCUT2D eigenvalue weighted by Crippen LogP contribution is 2.29. The Hall–Kier alpha value is -2.38. The lowest BCUT2D eigenvalue weighted by Crippen LogP contribution is -2.47. The van der Waals surface area contributed by atoms with Crippen molar-refractivity contribution in [3.8, 4) is 0 Å². The van der Waals surface area contributed by atoms with E-state index in [2.05, 4.69) is 20.6 Å². The molecule has 6 nitrogen and oxygen atoms in total. The average molecular weight is 347 g/mol. The van der Waals surface area contributed by atoms with Gasteiger partial charge in [0.15, 0.2) is 0 Å². The smallest absolute Gasteiger partial charge is 0.268 e. The van der Waals surface area contributed by atoms with Gasteiger partial charge >= 0.3 is 0 Å². The second-order valence-electron chi connectivity index (χ2n) is 5.27. The molecule has 1 atom stereocenters. The molecule has 4 rings (SSSR count). The number of pyridine rings is 1. The van der Waals surface area contributed by atoms with Crippen LogP contribution in [0.15, 0.2) is 30.6 Å². The van der Waals surface area contributed by atoms with Crippen molar-refractivity contribution in [2.75, 3.05) is 5.32 Å². The van der Waals surface area contributed by atoms with E-state index in [1.54, 1.807) is 24.5 Å². The molecule has 4 heterocycles. The van der Waals surface area contributed by atoms with Crippen LogP contribution < -0.4 is 10.6 Å². The predicted molar refractivity (Wildman–Crippen MR) is 89.0 cm³/mol. The SMILES string of the molecule is O=C(N[C@H]1Cc2ccncc2NC1=O)c1cc2cc(Cl)sc2[nH]1. The van der Waals surface area contributed by atoms with E-state index in [0.29, 0.717) is 22.1 Å². The molecule has 3 aromatic rings. The summed E-state index contributed by atoms with van der Waals surface area (Å²) in [6, 6.07) is 4.75. The topological polar surface area (TPSA) is 86.9 Å².